The topological polar surface area (TPSA) is 85.2 Å². The van der Waals surface area contributed by atoms with Crippen molar-refractivity contribution in [2.45, 2.75) is 6.54 Å². The molecule has 0 fully saturated rings. The summed E-state index contributed by atoms with van der Waals surface area (Å²) < 4.78 is 0. The van der Waals surface area contributed by atoms with Crippen molar-refractivity contribution in [1.29, 1.82) is 0 Å². The molecule has 5 heteroatoms. The fourth-order valence-electron chi connectivity index (χ4n) is 1.98. The summed E-state index contributed by atoms with van der Waals surface area (Å²) in [5.74, 6) is 0.0241. The predicted molar refractivity (Wildman–Crippen MR) is 75.2 cm³/mol. The molecule has 5 nitrogen and oxygen atoms in total. The normalized spacial score (nSPS) is 10.2. The number of amides is 1. The van der Waals surface area contributed by atoms with Crippen LogP contribution in [0, 0.1) is 0 Å². The molecule has 0 saturated heterocycles. The Morgan fingerprint density at radius 3 is 2.68 bits per heavy atom. The van der Waals surface area contributed by atoms with Crippen LogP contribution >= 0.6 is 0 Å². The highest BCUT2D eigenvalue weighted by Crippen LogP contribution is 2.27. The van der Waals surface area contributed by atoms with E-state index in [1.54, 1.807) is 18.3 Å². The number of hydrogen-bond donors (Lipinski definition) is 2. The van der Waals surface area contributed by atoms with Crippen LogP contribution in [0.5, 0.6) is 0 Å². The number of carbonyl (C=O) groups excluding carboxylic acids is 1. The van der Waals surface area contributed by atoms with Gasteiger partial charge in [0, 0.05) is 25.5 Å². The van der Waals surface area contributed by atoms with Gasteiger partial charge < -0.3 is 16.4 Å². The molecule has 0 spiro atoms. The Labute approximate surface area is 111 Å². The first-order valence-electron chi connectivity index (χ1n) is 5.91. The van der Waals surface area contributed by atoms with Gasteiger partial charge >= 0.3 is 0 Å². The van der Waals surface area contributed by atoms with Crippen molar-refractivity contribution in [1.82, 2.24) is 4.98 Å². The van der Waals surface area contributed by atoms with Crippen LogP contribution in [0.15, 0.2) is 42.6 Å². The van der Waals surface area contributed by atoms with Crippen LogP contribution in [0.3, 0.4) is 0 Å². The van der Waals surface area contributed by atoms with Crippen LogP contribution in [0.1, 0.15) is 15.9 Å². The molecule has 0 unspecified atom stereocenters. The number of para-hydroxylation sites is 1. The van der Waals surface area contributed by atoms with Gasteiger partial charge in [0.15, 0.2) is 0 Å². The first kappa shape index (κ1) is 13.0. The van der Waals surface area contributed by atoms with Crippen LogP contribution in [-0.4, -0.2) is 17.9 Å². The number of hydrogen-bond acceptors (Lipinski definition) is 4. The minimum atomic E-state index is -0.500. The average Bonchev–Trinajstić information content (AvgIpc) is 2.46. The molecule has 0 aliphatic heterocycles. The maximum atomic E-state index is 11.4. The summed E-state index contributed by atoms with van der Waals surface area (Å²) in [5.41, 5.74) is 13.4. The monoisotopic (exact) mass is 256 g/mol. The van der Waals surface area contributed by atoms with E-state index in [4.69, 9.17) is 11.5 Å². The smallest absolute Gasteiger partial charge is 0.252 e. The van der Waals surface area contributed by atoms with E-state index in [-0.39, 0.29) is 0 Å². The maximum Gasteiger partial charge on any atom is 0.252 e. The third-order valence-corrected chi connectivity index (χ3v) is 2.94. The van der Waals surface area contributed by atoms with Crippen LogP contribution in [0.4, 0.5) is 11.5 Å². The lowest BCUT2D eigenvalue weighted by atomic mass is 10.1. The van der Waals surface area contributed by atoms with E-state index in [0.717, 1.165) is 11.3 Å². The summed E-state index contributed by atoms with van der Waals surface area (Å²) in [6.45, 7) is 0.416. The van der Waals surface area contributed by atoms with Gasteiger partial charge in [0.1, 0.15) is 5.82 Å². The van der Waals surface area contributed by atoms with Gasteiger partial charge in [-0.1, -0.05) is 18.2 Å². The molecule has 98 valence electrons. The zero-order valence-corrected chi connectivity index (χ0v) is 10.7. The second-order valence-electron chi connectivity index (χ2n) is 4.13. The fourth-order valence-corrected chi connectivity index (χ4v) is 1.98. The molecular formula is C14H16N4O. The highest BCUT2D eigenvalue weighted by Gasteiger charge is 2.15. The number of carbonyl (C=O) groups is 1. The Morgan fingerprint density at radius 1 is 1.26 bits per heavy atom. The third kappa shape index (κ3) is 2.56. The van der Waals surface area contributed by atoms with E-state index in [0.29, 0.717) is 17.9 Å². The van der Waals surface area contributed by atoms with Crippen molar-refractivity contribution >= 4 is 17.4 Å². The number of rotatable bonds is 4. The van der Waals surface area contributed by atoms with E-state index < -0.39 is 5.91 Å². The van der Waals surface area contributed by atoms with Crippen molar-refractivity contribution < 1.29 is 4.79 Å². The molecule has 1 aromatic carbocycles. The van der Waals surface area contributed by atoms with Crippen LogP contribution in [0.2, 0.25) is 0 Å². The Hall–Kier alpha value is -2.40. The molecule has 1 heterocycles. The third-order valence-electron chi connectivity index (χ3n) is 2.94. The Bertz CT molecular complexity index is 598. The molecule has 1 amide bonds. The van der Waals surface area contributed by atoms with Crippen LogP contribution < -0.4 is 16.4 Å². The second-order valence-corrected chi connectivity index (χ2v) is 4.13. The largest absolute Gasteiger partial charge is 0.365 e. The molecule has 0 aliphatic carbocycles. The van der Waals surface area contributed by atoms with Crippen molar-refractivity contribution in [2.24, 2.45) is 11.5 Å². The van der Waals surface area contributed by atoms with Crippen molar-refractivity contribution in [3.63, 3.8) is 0 Å². The molecule has 0 bridgehead atoms. The SMILES string of the molecule is CN(c1ccccc1CN)c1ncccc1C(N)=O. The number of benzene rings is 1. The summed E-state index contributed by atoms with van der Waals surface area (Å²) in [5, 5.41) is 0. The molecule has 19 heavy (non-hydrogen) atoms. The lowest BCUT2D eigenvalue weighted by Gasteiger charge is -2.22. The number of nitrogens with two attached hydrogens (primary N) is 2. The number of anilines is 2. The molecule has 0 saturated carbocycles. The zero-order chi connectivity index (χ0) is 13.8. The van der Waals surface area contributed by atoms with Crippen molar-refractivity contribution in [3.05, 3.63) is 53.7 Å². The van der Waals surface area contributed by atoms with E-state index in [9.17, 15) is 4.79 Å². The van der Waals surface area contributed by atoms with Crippen molar-refractivity contribution in [2.75, 3.05) is 11.9 Å². The van der Waals surface area contributed by atoms with Gasteiger partial charge in [-0.2, -0.15) is 0 Å². The van der Waals surface area contributed by atoms with Crippen LogP contribution in [-0.2, 0) is 6.54 Å². The Balaban J connectivity index is 2.50. The summed E-state index contributed by atoms with van der Waals surface area (Å²) in [6, 6.07) is 11.1. The molecule has 4 N–H and O–H groups in total. The van der Waals surface area contributed by atoms with Gasteiger partial charge in [-0.15, -0.1) is 0 Å². The lowest BCUT2D eigenvalue weighted by Crippen LogP contribution is -2.21. The highest BCUT2D eigenvalue weighted by atomic mass is 16.1. The lowest BCUT2D eigenvalue weighted by molar-refractivity contribution is 0.100. The standard InChI is InChI=1S/C14H16N4O/c1-18(12-7-3-2-5-10(12)9-15)14-11(13(16)19)6-4-8-17-14/h2-8H,9,15H2,1H3,(H2,16,19). The van der Waals surface area contributed by atoms with E-state index >= 15 is 0 Å². The molecule has 2 rings (SSSR count). The predicted octanol–water partition coefficient (Wildman–Crippen LogP) is 1.41. The summed E-state index contributed by atoms with van der Waals surface area (Å²) in [6.07, 6.45) is 1.63. The Morgan fingerprint density at radius 2 is 2.00 bits per heavy atom. The Kier molecular flexibility index (Phi) is 3.77. The molecular weight excluding hydrogens is 240 g/mol. The second kappa shape index (κ2) is 5.49. The molecule has 1 aromatic heterocycles. The first-order valence-corrected chi connectivity index (χ1v) is 5.91. The summed E-state index contributed by atoms with van der Waals surface area (Å²) >= 11 is 0. The molecule has 0 atom stereocenters. The van der Waals surface area contributed by atoms with Gasteiger partial charge in [0.25, 0.3) is 5.91 Å². The van der Waals surface area contributed by atoms with Gasteiger partial charge in [-0.3, -0.25) is 4.79 Å². The zero-order valence-electron chi connectivity index (χ0n) is 10.7. The van der Waals surface area contributed by atoms with E-state index in [1.807, 2.05) is 36.2 Å². The maximum absolute atomic E-state index is 11.4. The highest BCUT2D eigenvalue weighted by molar-refractivity contribution is 5.98. The van der Waals surface area contributed by atoms with Gasteiger partial charge in [0.2, 0.25) is 0 Å². The first-order chi connectivity index (χ1) is 9.15. The number of nitrogens with zero attached hydrogens (tertiary/aromatic N) is 2. The van der Waals surface area contributed by atoms with E-state index in [2.05, 4.69) is 4.98 Å². The minimum absolute atomic E-state index is 0.386. The molecule has 2 aromatic rings. The number of primary amides is 1. The number of aromatic nitrogens is 1. The van der Waals surface area contributed by atoms with Crippen LogP contribution in [0.25, 0.3) is 0 Å². The molecule has 0 aliphatic rings. The summed E-state index contributed by atoms with van der Waals surface area (Å²) in [7, 11) is 1.84. The van der Waals surface area contributed by atoms with Gasteiger partial charge in [-0.25, -0.2) is 4.98 Å². The summed E-state index contributed by atoms with van der Waals surface area (Å²) in [4.78, 5) is 17.5. The fraction of sp³-hybridized carbons (Fsp3) is 0.143. The quantitative estimate of drug-likeness (QED) is 0.866. The number of pyridine rings is 1. The minimum Gasteiger partial charge on any atom is -0.365 e. The van der Waals surface area contributed by atoms with Gasteiger partial charge in [0.05, 0.1) is 5.56 Å². The average molecular weight is 256 g/mol. The van der Waals surface area contributed by atoms with Gasteiger partial charge in [-0.05, 0) is 23.8 Å². The molecule has 0 radical (unpaired) electrons. The van der Waals surface area contributed by atoms with E-state index in [1.165, 1.54) is 0 Å². The van der Waals surface area contributed by atoms with Crippen molar-refractivity contribution in [3.8, 4) is 0 Å².